The van der Waals surface area contributed by atoms with Gasteiger partial charge >= 0.3 is 6.18 Å². The van der Waals surface area contributed by atoms with E-state index < -0.39 is 23.6 Å². The molecule has 0 aromatic heterocycles. The Morgan fingerprint density at radius 2 is 1.80 bits per heavy atom. The van der Waals surface area contributed by atoms with Gasteiger partial charge in [-0.25, -0.2) is 0 Å². The van der Waals surface area contributed by atoms with Gasteiger partial charge in [-0.3, -0.25) is 9.79 Å². The van der Waals surface area contributed by atoms with Crippen LogP contribution in [-0.4, -0.2) is 66.7 Å². The Bertz CT molecular complexity index is 1440. The summed E-state index contributed by atoms with van der Waals surface area (Å²) in [7, 11) is 0. The summed E-state index contributed by atoms with van der Waals surface area (Å²) in [5.41, 5.74) is 1.70. The van der Waals surface area contributed by atoms with E-state index in [0.29, 0.717) is 42.0 Å². The van der Waals surface area contributed by atoms with Crippen LogP contribution in [-0.2, 0) is 11.0 Å². The number of benzene rings is 2. The Morgan fingerprint density at radius 1 is 1.00 bits per heavy atom. The zero-order chi connectivity index (χ0) is 31.4. The van der Waals surface area contributed by atoms with Crippen molar-refractivity contribution in [2.75, 3.05) is 39.3 Å². The Kier molecular flexibility index (Phi) is 10.3. The van der Waals surface area contributed by atoms with Crippen LogP contribution in [0.15, 0.2) is 76.2 Å². The standard InChI is InChI=1S/C36H42BrF3N4O/c37-28-12-13-30-32(23-28)42-34(26-10-7-11-27(22-26)36(38,39)40)31(33(30)35(45)41-17-14-25-8-3-1-4-9-25)24-43-20-15-29(16-21-43)44-18-5-2-6-19-44/h1,3-4,7-8,10-13,22-23,25,29,31,33H,2,5-6,9,14-21,24H2,(H,41,45). The number of likely N-dealkylation sites (tertiary alicyclic amines) is 2. The van der Waals surface area contributed by atoms with Gasteiger partial charge in [0.05, 0.1) is 22.9 Å². The first-order valence-corrected chi connectivity index (χ1v) is 17.2. The smallest absolute Gasteiger partial charge is 0.356 e. The number of amides is 1. The SMILES string of the molecule is O=C(NCCC1C=CC=CC1)C1c2ccc(Br)cc2N=C(c2cccc(C(F)(F)F)c2)C1CN1CCC(N2CCCCC2)CC1. The maximum absolute atomic E-state index is 14.2. The molecule has 3 heterocycles. The number of piperidine rings is 2. The molecular formula is C36H42BrF3N4O. The number of alkyl halides is 3. The number of carbonyl (C=O) groups excluding carboxylic acids is 1. The fourth-order valence-electron chi connectivity index (χ4n) is 7.48. The Balaban J connectivity index is 1.29. The van der Waals surface area contributed by atoms with E-state index in [-0.39, 0.29) is 5.91 Å². The van der Waals surface area contributed by atoms with Crippen LogP contribution >= 0.6 is 15.9 Å². The van der Waals surface area contributed by atoms with E-state index in [4.69, 9.17) is 4.99 Å². The summed E-state index contributed by atoms with van der Waals surface area (Å²) < 4.78 is 42.4. The molecule has 1 N–H and O–H groups in total. The highest BCUT2D eigenvalue weighted by Crippen LogP contribution is 2.43. The quantitative estimate of drug-likeness (QED) is 0.308. The van der Waals surface area contributed by atoms with Crippen LogP contribution in [0.2, 0.25) is 0 Å². The molecule has 2 fully saturated rings. The molecule has 0 spiro atoms. The zero-order valence-corrected chi connectivity index (χ0v) is 27.2. The maximum atomic E-state index is 14.2. The number of fused-ring (bicyclic) bond motifs is 1. The topological polar surface area (TPSA) is 47.9 Å². The van der Waals surface area contributed by atoms with Gasteiger partial charge in [0.15, 0.2) is 0 Å². The molecule has 2 aromatic carbocycles. The number of carbonyl (C=O) groups is 1. The van der Waals surface area contributed by atoms with Gasteiger partial charge in [-0.05, 0) is 106 Å². The van der Waals surface area contributed by atoms with Crippen molar-refractivity contribution in [3.8, 4) is 0 Å². The largest absolute Gasteiger partial charge is 0.416 e. The Morgan fingerprint density at radius 3 is 2.53 bits per heavy atom. The van der Waals surface area contributed by atoms with E-state index in [1.54, 1.807) is 6.07 Å². The molecule has 0 radical (unpaired) electrons. The maximum Gasteiger partial charge on any atom is 0.416 e. The van der Waals surface area contributed by atoms with E-state index in [2.05, 4.69) is 43.2 Å². The molecule has 1 aliphatic carbocycles. The lowest BCUT2D eigenvalue weighted by Crippen LogP contribution is -2.50. The monoisotopic (exact) mass is 682 g/mol. The third kappa shape index (κ3) is 7.80. The van der Waals surface area contributed by atoms with Crippen LogP contribution in [0.3, 0.4) is 0 Å². The number of nitrogens with one attached hydrogen (secondary N) is 1. The number of rotatable bonds is 8. The third-order valence-electron chi connectivity index (χ3n) is 9.89. The molecule has 3 unspecified atom stereocenters. The van der Waals surface area contributed by atoms with Gasteiger partial charge < -0.3 is 15.1 Å². The molecule has 0 bridgehead atoms. The van der Waals surface area contributed by atoms with Crippen LogP contribution in [0.1, 0.15) is 67.6 Å². The average molecular weight is 684 g/mol. The molecule has 45 heavy (non-hydrogen) atoms. The average Bonchev–Trinajstić information content (AvgIpc) is 3.05. The van der Waals surface area contributed by atoms with Crippen molar-refractivity contribution in [2.24, 2.45) is 16.8 Å². The van der Waals surface area contributed by atoms with Gasteiger partial charge in [-0.1, -0.05) is 64.9 Å². The van der Waals surface area contributed by atoms with E-state index in [0.717, 1.165) is 54.9 Å². The van der Waals surface area contributed by atoms with Gasteiger partial charge in [0.25, 0.3) is 0 Å². The summed E-state index contributed by atoms with van der Waals surface area (Å²) in [5.74, 6) is -0.687. The fraction of sp³-hybridized carbons (Fsp3) is 0.500. The molecule has 2 aromatic rings. The summed E-state index contributed by atoms with van der Waals surface area (Å²) >= 11 is 3.54. The molecule has 1 amide bonds. The summed E-state index contributed by atoms with van der Waals surface area (Å²) in [6.07, 6.45) is 11.7. The van der Waals surface area contributed by atoms with Crippen molar-refractivity contribution in [1.82, 2.24) is 15.1 Å². The number of hydrogen-bond donors (Lipinski definition) is 1. The van der Waals surface area contributed by atoms with Crippen LogP contribution in [0.4, 0.5) is 18.9 Å². The molecule has 3 aliphatic heterocycles. The highest BCUT2D eigenvalue weighted by atomic mass is 79.9. The second-order valence-corrected chi connectivity index (χ2v) is 13.8. The second-order valence-electron chi connectivity index (χ2n) is 12.9. The lowest BCUT2D eigenvalue weighted by molar-refractivity contribution is -0.137. The lowest BCUT2D eigenvalue weighted by Gasteiger charge is -2.42. The van der Waals surface area contributed by atoms with E-state index in [1.807, 2.05) is 30.4 Å². The van der Waals surface area contributed by atoms with Crippen molar-refractivity contribution < 1.29 is 18.0 Å². The van der Waals surface area contributed by atoms with Crippen LogP contribution in [0, 0.1) is 11.8 Å². The zero-order valence-electron chi connectivity index (χ0n) is 25.6. The van der Waals surface area contributed by atoms with Gasteiger partial charge in [0.2, 0.25) is 5.91 Å². The summed E-state index contributed by atoms with van der Waals surface area (Å²) in [4.78, 5) is 24.2. The Hall–Kier alpha value is -2.75. The van der Waals surface area contributed by atoms with Crippen LogP contribution in [0.5, 0.6) is 0 Å². The molecule has 4 aliphatic rings. The highest BCUT2D eigenvalue weighted by molar-refractivity contribution is 9.10. The van der Waals surface area contributed by atoms with E-state index >= 15 is 0 Å². The van der Waals surface area contributed by atoms with Gasteiger partial charge in [-0.15, -0.1) is 0 Å². The number of nitrogens with zero attached hydrogens (tertiary/aromatic N) is 3. The van der Waals surface area contributed by atoms with Crippen molar-refractivity contribution in [1.29, 1.82) is 0 Å². The summed E-state index contributed by atoms with van der Waals surface area (Å²) in [6, 6.07) is 11.7. The molecular weight excluding hydrogens is 641 g/mol. The number of allylic oxidation sites excluding steroid dienone is 4. The first-order chi connectivity index (χ1) is 21.8. The van der Waals surface area contributed by atoms with Crippen LogP contribution in [0.25, 0.3) is 0 Å². The first-order valence-electron chi connectivity index (χ1n) is 16.4. The van der Waals surface area contributed by atoms with Gasteiger partial charge in [0.1, 0.15) is 0 Å². The third-order valence-corrected chi connectivity index (χ3v) is 10.4. The fourth-order valence-corrected chi connectivity index (χ4v) is 7.83. The number of halogens is 4. The second kappa shape index (κ2) is 14.3. The minimum atomic E-state index is -4.47. The van der Waals surface area contributed by atoms with Gasteiger partial charge in [-0.2, -0.15) is 13.2 Å². The van der Waals surface area contributed by atoms with Crippen LogP contribution < -0.4 is 5.32 Å². The summed E-state index contributed by atoms with van der Waals surface area (Å²) in [5, 5.41) is 3.21. The van der Waals surface area contributed by atoms with Crippen molar-refractivity contribution >= 4 is 33.2 Å². The van der Waals surface area contributed by atoms with Crippen molar-refractivity contribution in [3.63, 3.8) is 0 Å². The first kappa shape index (κ1) is 32.2. The highest BCUT2D eigenvalue weighted by Gasteiger charge is 2.41. The molecule has 5 nitrogen and oxygen atoms in total. The van der Waals surface area contributed by atoms with Crippen molar-refractivity contribution in [2.45, 2.75) is 63.1 Å². The Labute approximate surface area is 272 Å². The predicted octanol–water partition coefficient (Wildman–Crippen LogP) is 7.89. The van der Waals surface area contributed by atoms with E-state index in [9.17, 15) is 18.0 Å². The molecule has 2 saturated heterocycles. The summed E-state index contributed by atoms with van der Waals surface area (Å²) in [6.45, 7) is 5.23. The predicted molar refractivity (Wildman–Crippen MR) is 177 cm³/mol. The number of aliphatic imine (C=N–C) groups is 1. The lowest BCUT2D eigenvalue weighted by atomic mass is 9.76. The number of hydrogen-bond acceptors (Lipinski definition) is 4. The van der Waals surface area contributed by atoms with Crippen molar-refractivity contribution in [3.05, 3.63) is 87.9 Å². The minimum Gasteiger partial charge on any atom is -0.356 e. The molecule has 6 rings (SSSR count). The molecule has 9 heteroatoms. The molecule has 240 valence electrons. The van der Waals surface area contributed by atoms with E-state index in [1.165, 1.54) is 44.5 Å². The minimum absolute atomic E-state index is 0.0958. The molecule has 3 atom stereocenters. The normalized spacial score (nSPS) is 24.7. The molecule has 0 saturated carbocycles. The van der Waals surface area contributed by atoms with Gasteiger partial charge in [0, 0.05) is 29.5 Å².